The predicted octanol–water partition coefficient (Wildman–Crippen LogP) is 2.39. The van der Waals surface area contributed by atoms with Crippen molar-refractivity contribution in [3.8, 4) is 0 Å². The second-order valence-corrected chi connectivity index (χ2v) is 2.73. The quantitative estimate of drug-likeness (QED) is 0.798. The highest BCUT2D eigenvalue weighted by atomic mass is 16.3. The van der Waals surface area contributed by atoms with Crippen molar-refractivity contribution in [2.24, 2.45) is 5.73 Å². The standard InChI is InChI=1S/C10H9NO2.C2H6.CH5N/c1-11-10(12)9-6-7-4-2-3-5-8(7)13-9;2*1-2/h2-6H,1H3,(H,11,12);1-2H3;2H2,1H3. The van der Waals surface area contributed by atoms with E-state index in [-0.39, 0.29) is 5.91 Å². The molecule has 4 heteroatoms. The van der Waals surface area contributed by atoms with Gasteiger partial charge in [-0.3, -0.25) is 4.79 Å². The molecule has 17 heavy (non-hydrogen) atoms. The molecular formula is C13H20N2O2. The van der Waals surface area contributed by atoms with E-state index in [1.54, 1.807) is 13.1 Å². The monoisotopic (exact) mass is 236 g/mol. The van der Waals surface area contributed by atoms with Crippen LogP contribution in [0.25, 0.3) is 11.0 Å². The van der Waals surface area contributed by atoms with Gasteiger partial charge in [0, 0.05) is 12.4 Å². The van der Waals surface area contributed by atoms with Gasteiger partial charge in [0.05, 0.1) is 0 Å². The molecule has 2 rings (SSSR count). The van der Waals surface area contributed by atoms with Crippen LogP contribution < -0.4 is 11.1 Å². The molecule has 1 aromatic carbocycles. The van der Waals surface area contributed by atoms with Crippen LogP contribution in [0.5, 0.6) is 0 Å². The molecule has 94 valence electrons. The van der Waals surface area contributed by atoms with Crippen molar-refractivity contribution in [1.82, 2.24) is 5.32 Å². The highest BCUT2D eigenvalue weighted by molar-refractivity contribution is 5.95. The van der Waals surface area contributed by atoms with E-state index in [1.807, 2.05) is 38.1 Å². The Kier molecular flexibility index (Phi) is 7.46. The van der Waals surface area contributed by atoms with Crippen LogP contribution in [0.4, 0.5) is 0 Å². The molecule has 0 unspecified atom stereocenters. The molecule has 3 N–H and O–H groups in total. The predicted molar refractivity (Wildman–Crippen MR) is 71.1 cm³/mol. The Morgan fingerprint density at radius 3 is 2.35 bits per heavy atom. The molecule has 1 amide bonds. The van der Waals surface area contributed by atoms with Crippen molar-refractivity contribution in [2.75, 3.05) is 14.1 Å². The summed E-state index contributed by atoms with van der Waals surface area (Å²) < 4.78 is 5.31. The third kappa shape index (κ3) is 3.92. The summed E-state index contributed by atoms with van der Waals surface area (Å²) in [5, 5.41) is 3.45. The Labute approximate surface area is 102 Å². The van der Waals surface area contributed by atoms with Crippen molar-refractivity contribution in [3.63, 3.8) is 0 Å². The summed E-state index contributed by atoms with van der Waals surface area (Å²) in [5.74, 6) is 0.153. The molecule has 0 atom stereocenters. The lowest BCUT2D eigenvalue weighted by molar-refractivity contribution is 0.0938. The highest BCUT2D eigenvalue weighted by Crippen LogP contribution is 2.18. The largest absolute Gasteiger partial charge is 0.451 e. The molecule has 0 spiro atoms. The van der Waals surface area contributed by atoms with Gasteiger partial charge in [0.25, 0.3) is 5.91 Å². The van der Waals surface area contributed by atoms with Gasteiger partial charge < -0.3 is 15.5 Å². The lowest BCUT2D eigenvalue weighted by Crippen LogP contribution is -2.16. The zero-order valence-corrected chi connectivity index (χ0v) is 10.8. The van der Waals surface area contributed by atoms with E-state index in [1.165, 1.54) is 7.05 Å². The number of amides is 1. The number of furan rings is 1. The average molecular weight is 236 g/mol. The topological polar surface area (TPSA) is 68.3 Å². The fourth-order valence-corrected chi connectivity index (χ4v) is 1.22. The number of nitrogens with one attached hydrogen (secondary N) is 1. The molecule has 2 aromatic rings. The number of para-hydroxylation sites is 1. The number of fused-ring (bicyclic) bond motifs is 1. The summed E-state index contributed by atoms with van der Waals surface area (Å²) in [5.41, 5.74) is 5.24. The lowest BCUT2D eigenvalue weighted by Gasteiger charge is -1.90. The molecule has 0 saturated heterocycles. The van der Waals surface area contributed by atoms with Crippen molar-refractivity contribution < 1.29 is 9.21 Å². The number of carbonyl (C=O) groups excluding carboxylic acids is 1. The first-order chi connectivity index (χ1) is 8.31. The number of benzene rings is 1. The van der Waals surface area contributed by atoms with Crippen LogP contribution in [-0.2, 0) is 0 Å². The fourth-order valence-electron chi connectivity index (χ4n) is 1.22. The summed E-state index contributed by atoms with van der Waals surface area (Å²) in [7, 11) is 3.08. The molecule has 1 aromatic heterocycles. The van der Waals surface area contributed by atoms with Gasteiger partial charge in [0.1, 0.15) is 5.58 Å². The van der Waals surface area contributed by atoms with Crippen LogP contribution >= 0.6 is 0 Å². The summed E-state index contributed by atoms with van der Waals surface area (Å²) in [4.78, 5) is 11.2. The third-order valence-electron chi connectivity index (χ3n) is 1.88. The first-order valence-corrected chi connectivity index (χ1v) is 5.59. The summed E-state index contributed by atoms with van der Waals surface area (Å²) in [6.45, 7) is 4.00. The molecule has 0 bridgehead atoms. The number of hydrogen-bond donors (Lipinski definition) is 2. The van der Waals surface area contributed by atoms with Crippen LogP contribution in [0.15, 0.2) is 34.7 Å². The van der Waals surface area contributed by atoms with E-state index in [0.29, 0.717) is 5.76 Å². The third-order valence-corrected chi connectivity index (χ3v) is 1.88. The zero-order chi connectivity index (χ0) is 13.3. The number of rotatable bonds is 1. The average Bonchev–Trinajstić information content (AvgIpc) is 2.86. The van der Waals surface area contributed by atoms with E-state index in [2.05, 4.69) is 11.1 Å². The number of carbonyl (C=O) groups is 1. The van der Waals surface area contributed by atoms with Crippen LogP contribution in [0.1, 0.15) is 24.4 Å². The van der Waals surface area contributed by atoms with Crippen LogP contribution in [-0.4, -0.2) is 20.0 Å². The number of hydrogen-bond acceptors (Lipinski definition) is 3. The Balaban J connectivity index is 0.000000581. The maximum atomic E-state index is 11.2. The van der Waals surface area contributed by atoms with Crippen molar-refractivity contribution >= 4 is 16.9 Å². The van der Waals surface area contributed by atoms with Gasteiger partial charge in [0.2, 0.25) is 0 Å². The molecule has 0 fully saturated rings. The van der Waals surface area contributed by atoms with Gasteiger partial charge in [0.15, 0.2) is 5.76 Å². The molecule has 4 nitrogen and oxygen atoms in total. The van der Waals surface area contributed by atoms with Gasteiger partial charge in [-0.2, -0.15) is 0 Å². The lowest BCUT2D eigenvalue weighted by atomic mass is 10.2. The maximum absolute atomic E-state index is 11.2. The second-order valence-electron chi connectivity index (χ2n) is 2.73. The Morgan fingerprint density at radius 2 is 1.82 bits per heavy atom. The van der Waals surface area contributed by atoms with Crippen LogP contribution in [0.3, 0.4) is 0 Å². The SMILES string of the molecule is CC.CN.CNC(=O)c1cc2ccccc2o1. The van der Waals surface area contributed by atoms with Gasteiger partial charge in [-0.05, 0) is 19.2 Å². The van der Waals surface area contributed by atoms with Crippen LogP contribution in [0.2, 0.25) is 0 Å². The first-order valence-electron chi connectivity index (χ1n) is 5.59. The zero-order valence-electron chi connectivity index (χ0n) is 10.8. The maximum Gasteiger partial charge on any atom is 0.286 e. The van der Waals surface area contributed by atoms with E-state index >= 15 is 0 Å². The van der Waals surface area contributed by atoms with E-state index in [4.69, 9.17) is 4.42 Å². The molecular weight excluding hydrogens is 216 g/mol. The minimum absolute atomic E-state index is 0.198. The Hall–Kier alpha value is -1.81. The Morgan fingerprint density at radius 1 is 1.24 bits per heavy atom. The normalized spacial score (nSPS) is 8.53. The van der Waals surface area contributed by atoms with Gasteiger partial charge >= 0.3 is 0 Å². The van der Waals surface area contributed by atoms with Gasteiger partial charge in [-0.25, -0.2) is 0 Å². The fraction of sp³-hybridized carbons (Fsp3) is 0.308. The molecule has 0 saturated carbocycles. The summed E-state index contributed by atoms with van der Waals surface area (Å²) in [6.07, 6.45) is 0. The highest BCUT2D eigenvalue weighted by Gasteiger charge is 2.08. The van der Waals surface area contributed by atoms with Crippen LogP contribution in [0, 0.1) is 0 Å². The smallest absolute Gasteiger partial charge is 0.286 e. The van der Waals surface area contributed by atoms with Crippen molar-refractivity contribution in [1.29, 1.82) is 0 Å². The molecule has 0 radical (unpaired) electrons. The first kappa shape index (κ1) is 15.2. The van der Waals surface area contributed by atoms with Gasteiger partial charge in [-0.1, -0.05) is 32.0 Å². The minimum atomic E-state index is -0.198. The van der Waals surface area contributed by atoms with Crippen molar-refractivity contribution in [3.05, 3.63) is 36.1 Å². The number of nitrogens with two attached hydrogens (primary N) is 1. The summed E-state index contributed by atoms with van der Waals surface area (Å²) >= 11 is 0. The second kappa shape index (κ2) is 8.35. The molecule has 0 aliphatic heterocycles. The van der Waals surface area contributed by atoms with E-state index in [9.17, 15) is 4.79 Å². The van der Waals surface area contributed by atoms with Crippen molar-refractivity contribution in [2.45, 2.75) is 13.8 Å². The van der Waals surface area contributed by atoms with E-state index < -0.39 is 0 Å². The Bertz CT molecular complexity index is 416. The summed E-state index contributed by atoms with van der Waals surface area (Å²) in [6, 6.07) is 9.26. The molecule has 1 heterocycles. The van der Waals surface area contributed by atoms with E-state index in [0.717, 1.165) is 11.0 Å². The molecule has 0 aliphatic rings. The van der Waals surface area contributed by atoms with Gasteiger partial charge in [-0.15, -0.1) is 0 Å². The molecule has 0 aliphatic carbocycles. The minimum Gasteiger partial charge on any atom is -0.451 e.